The molecule has 3 rings (SSSR count). The quantitative estimate of drug-likeness (QED) is 0.894. The van der Waals surface area contributed by atoms with Crippen LogP contribution in [0.25, 0.3) is 11.3 Å². The summed E-state index contributed by atoms with van der Waals surface area (Å²) in [5, 5.41) is 4.99. The minimum atomic E-state index is -0.275. The third-order valence-electron chi connectivity index (χ3n) is 3.64. The summed E-state index contributed by atoms with van der Waals surface area (Å²) in [5.41, 5.74) is 8.67. The van der Waals surface area contributed by atoms with Gasteiger partial charge < -0.3 is 16.0 Å². The van der Waals surface area contributed by atoms with Crippen molar-refractivity contribution in [3.63, 3.8) is 0 Å². The van der Waals surface area contributed by atoms with Crippen LogP contribution < -0.4 is 11.1 Å². The van der Waals surface area contributed by atoms with E-state index >= 15 is 0 Å². The van der Waals surface area contributed by atoms with E-state index in [-0.39, 0.29) is 18.4 Å². The zero-order chi connectivity index (χ0) is 15.7. The summed E-state index contributed by atoms with van der Waals surface area (Å²) in [5.74, 6) is -0.238. The van der Waals surface area contributed by atoms with Gasteiger partial charge in [-0.2, -0.15) is 0 Å². The lowest BCUT2D eigenvalue weighted by molar-refractivity contribution is -0.114. The van der Waals surface area contributed by atoms with Crippen molar-refractivity contribution in [1.82, 2.24) is 9.88 Å². The number of amides is 2. The van der Waals surface area contributed by atoms with Crippen molar-refractivity contribution >= 4 is 28.3 Å². The number of thiazole rings is 1. The van der Waals surface area contributed by atoms with Gasteiger partial charge in [0, 0.05) is 30.1 Å². The average molecular weight is 316 g/mol. The first-order chi connectivity index (χ1) is 10.6. The van der Waals surface area contributed by atoms with Crippen molar-refractivity contribution in [2.75, 3.05) is 25.5 Å². The molecular formula is C15H16N4O2S. The van der Waals surface area contributed by atoms with Gasteiger partial charge >= 0.3 is 0 Å². The van der Waals surface area contributed by atoms with Gasteiger partial charge in [0.1, 0.15) is 0 Å². The van der Waals surface area contributed by atoms with Crippen LogP contribution in [0.4, 0.5) is 5.13 Å². The molecule has 6 nitrogen and oxygen atoms in total. The third kappa shape index (κ3) is 2.72. The highest BCUT2D eigenvalue weighted by atomic mass is 32.1. The molecule has 1 aliphatic heterocycles. The first-order valence-corrected chi connectivity index (χ1v) is 7.80. The SMILES string of the molecule is CN1CCc2ccc(-c3csc(NC(=O)CN)n3)cc2C1=O. The molecule has 0 fully saturated rings. The van der Waals surface area contributed by atoms with E-state index in [9.17, 15) is 9.59 Å². The molecule has 1 aromatic carbocycles. The van der Waals surface area contributed by atoms with E-state index in [0.717, 1.165) is 35.3 Å². The average Bonchev–Trinajstić information content (AvgIpc) is 2.99. The van der Waals surface area contributed by atoms with E-state index < -0.39 is 0 Å². The number of likely N-dealkylation sites (N-methyl/N-ethyl adjacent to an activating group) is 1. The Morgan fingerprint density at radius 1 is 1.50 bits per heavy atom. The van der Waals surface area contributed by atoms with Gasteiger partial charge in [-0.05, 0) is 18.1 Å². The van der Waals surface area contributed by atoms with Crippen LogP contribution in [0.3, 0.4) is 0 Å². The number of carbonyl (C=O) groups is 2. The van der Waals surface area contributed by atoms with Crippen LogP contribution in [0, 0.1) is 0 Å². The summed E-state index contributed by atoms with van der Waals surface area (Å²) in [6, 6.07) is 5.81. The largest absolute Gasteiger partial charge is 0.341 e. The molecule has 114 valence electrons. The number of rotatable bonds is 3. The van der Waals surface area contributed by atoms with Crippen molar-refractivity contribution in [3.8, 4) is 11.3 Å². The molecule has 0 unspecified atom stereocenters. The van der Waals surface area contributed by atoms with Gasteiger partial charge in [-0.3, -0.25) is 9.59 Å². The molecule has 1 aliphatic rings. The molecular weight excluding hydrogens is 300 g/mol. The number of nitrogens with one attached hydrogen (secondary N) is 1. The van der Waals surface area contributed by atoms with Crippen LogP contribution in [-0.2, 0) is 11.2 Å². The predicted molar refractivity (Wildman–Crippen MR) is 85.9 cm³/mol. The molecule has 2 heterocycles. The molecule has 0 bridgehead atoms. The number of fused-ring (bicyclic) bond motifs is 1. The number of aromatic nitrogens is 1. The summed E-state index contributed by atoms with van der Waals surface area (Å²) in [6.45, 7) is 0.672. The van der Waals surface area contributed by atoms with Gasteiger partial charge in [0.15, 0.2) is 5.13 Å². The maximum atomic E-state index is 12.2. The van der Waals surface area contributed by atoms with E-state index in [4.69, 9.17) is 5.73 Å². The fourth-order valence-corrected chi connectivity index (χ4v) is 3.12. The van der Waals surface area contributed by atoms with Gasteiger partial charge in [-0.1, -0.05) is 12.1 Å². The second-order valence-electron chi connectivity index (χ2n) is 5.14. The van der Waals surface area contributed by atoms with Gasteiger partial charge in [-0.25, -0.2) is 4.98 Å². The van der Waals surface area contributed by atoms with Crippen molar-refractivity contribution < 1.29 is 9.59 Å². The van der Waals surface area contributed by atoms with Crippen molar-refractivity contribution in [1.29, 1.82) is 0 Å². The number of nitrogens with zero attached hydrogens (tertiary/aromatic N) is 2. The van der Waals surface area contributed by atoms with Crippen LogP contribution >= 0.6 is 11.3 Å². The molecule has 0 aliphatic carbocycles. The Bertz CT molecular complexity index is 741. The first kappa shape index (κ1) is 14.7. The molecule has 1 aromatic heterocycles. The summed E-state index contributed by atoms with van der Waals surface area (Å²) in [7, 11) is 1.81. The molecule has 0 saturated heterocycles. The van der Waals surface area contributed by atoms with Gasteiger partial charge in [0.2, 0.25) is 5.91 Å². The molecule has 0 radical (unpaired) electrons. The van der Waals surface area contributed by atoms with Crippen molar-refractivity contribution in [3.05, 3.63) is 34.7 Å². The lowest BCUT2D eigenvalue weighted by Gasteiger charge is -2.25. The lowest BCUT2D eigenvalue weighted by atomic mass is 9.96. The van der Waals surface area contributed by atoms with E-state index in [0.29, 0.717) is 5.13 Å². The molecule has 3 N–H and O–H groups in total. The maximum absolute atomic E-state index is 12.2. The predicted octanol–water partition coefficient (Wildman–Crippen LogP) is 1.34. The van der Waals surface area contributed by atoms with Crippen molar-refractivity contribution in [2.45, 2.75) is 6.42 Å². The summed E-state index contributed by atoms with van der Waals surface area (Å²) >= 11 is 1.33. The summed E-state index contributed by atoms with van der Waals surface area (Å²) in [4.78, 5) is 29.6. The third-order valence-corrected chi connectivity index (χ3v) is 4.39. The van der Waals surface area contributed by atoms with Crippen LogP contribution in [0.1, 0.15) is 15.9 Å². The van der Waals surface area contributed by atoms with Crippen molar-refractivity contribution in [2.24, 2.45) is 5.73 Å². The normalized spacial score (nSPS) is 13.9. The number of anilines is 1. The number of nitrogens with two attached hydrogens (primary N) is 1. The zero-order valence-corrected chi connectivity index (χ0v) is 12.9. The highest BCUT2D eigenvalue weighted by Crippen LogP contribution is 2.28. The van der Waals surface area contributed by atoms with Crippen LogP contribution in [0.2, 0.25) is 0 Å². The molecule has 2 aromatic rings. The molecule has 0 spiro atoms. The van der Waals surface area contributed by atoms with E-state index in [1.807, 2.05) is 23.6 Å². The second kappa shape index (κ2) is 5.86. The summed E-state index contributed by atoms with van der Waals surface area (Å²) < 4.78 is 0. The minimum absolute atomic E-state index is 0.0370. The Labute approximate surface area is 132 Å². The van der Waals surface area contributed by atoms with E-state index in [1.54, 1.807) is 11.9 Å². The molecule has 0 saturated carbocycles. The Morgan fingerprint density at radius 3 is 3.09 bits per heavy atom. The van der Waals surface area contributed by atoms with Gasteiger partial charge in [0.25, 0.3) is 5.91 Å². The second-order valence-corrected chi connectivity index (χ2v) is 6.00. The van der Waals surface area contributed by atoms with Crippen LogP contribution in [0.15, 0.2) is 23.6 Å². The van der Waals surface area contributed by atoms with Gasteiger partial charge in [0.05, 0.1) is 12.2 Å². The topological polar surface area (TPSA) is 88.3 Å². The Balaban J connectivity index is 1.90. The Kier molecular flexibility index (Phi) is 3.91. The van der Waals surface area contributed by atoms with E-state index in [1.165, 1.54) is 11.3 Å². The molecule has 0 atom stereocenters. The first-order valence-electron chi connectivity index (χ1n) is 6.92. The number of hydrogen-bond acceptors (Lipinski definition) is 5. The number of benzene rings is 1. The highest BCUT2D eigenvalue weighted by molar-refractivity contribution is 7.14. The highest BCUT2D eigenvalue weighted by Gasteiger charge is 2.22. The molecule has 2 amide bonds. The molecule has 7 heteroatoms. The fourth-order valence-electron chi connectivity index (χ4n) is 2.38. The monoisotopic (exact) mass is 316 g/mol. The minimum Gasteiger partial charge on any atom is -0.341 e. The number of carbonyl (C=O) groups excluding carboxylic acids is 2. The summed E-state index contributed by atoms with van der Waals surface area (Å²) in [6.07, 6.45) is 0.868. The standard InChI is InChI=1S/C15H16N4O2S/c1-19-5-4-9-2-3-10(6-11(9)14(19)21)12-8-22-15(17-12)18-13(20)7-16/h2-3,6,8H,4-5,7,16H2,1H3,(H,17,18,20). The van der Waals surface area contributed by atoms with E-state index in [2.05, 4.69) is 10.3 Å². The fraction of sp³-hybridized carbons (Fsp3) is 0.267. The smallest absolute Gasteiger partial charge is 0.253 e. The number of hydrogen-bond donors (Lipinski definition) is 2. The van der Waals surface area contributed by atoms with Crippen LogP contribution in [0.5, 0.6) is 0 Å². The lowest BCUT2D eigenvalue weighted by Crippen LogP contribution is -2.34. The Hall–Kier alpha value is -2.25. The van der Waals surface area contributed by atoms with Gasteiger partial charge in [-0.15, -0.1) is 11.3 Å². The zero-order valence-electron chi connectivity index (χ0n) is 12.1. The molecule has 22 heavy (non-hydrogen) atoms. The Morgan fingerprint density at radius 2 is 2.32 bits per heavy atom. The maximum Gasteiger partial charge on any atom is 0.253 e. The van der Waals surface area contributed by atoms with Crippen LogP contribution in [-0.4, -0.2) is 41.8 Å².